The van der Waals surface area contributed by atoms with Gasteiger partial charge in [0.25, 0.3) is 0 Å². The number of aliphatic imine (C=N–C) groups is 1. The molecule has 2 rings (SSSR count). The van der Waals surface area contributed by atoms with Crippen molar-refractivity contribution < 1.29 is 9.47 Å². The van der Waals surface area contributed by atoms with Crippen LogP contribution in [0.25, 0.3) is 0 Å². The van der Waals surface area contributed by atoms with Gasteiger partial charge >= 0.3 is 0 Å². The standard InChI is InChI=1S/C18H29N3O2/c1-4-20-17(19)21-13-18(10-6-5-7-11-18)14-8-9-15(22-2)16(12-14)23-3/h8-9,12H,4-7,10-11,13H2,1-3H3,(H3,19,20,21). The van der Waals surface area contributed by atoms with Crippen LogP contribution >= 0.6 is 0 Å². The average Bonchev–Trinajstić information content (AvgIpc) is 2.60. The second-order valence-corrected chi connectivity index (χ2v) is 6.14. The minimum absolute atomic E-state index is 0.0395. The fourth-order valence-corrected chi connectivity index (χ4v) is 3.41. The van der Waals surface area contributed by atoms with E-state index < -0.39 is 0 Å². The van der Waals surface area contributed by atoms with Gasteiger partial charge in [-0.05, 0) is 37.5 Å². The first kappa shape index (κ1) is 17.4. The second kappa shape index (κ2) is 8.09. The highest BCUT2D eigenvalue weighted by atomic mass is 16.5. The Labute approximate surface area is 139 Å². The Balaban J connectivity index is 2.32. The van der Waals surface area contributed by atoms with E-state index in [1.54, 1.807) is 14.2 Å². The number of nitrogens with zero attached hydrogens (tertiary/aromatic N) is 1. The van der Waals surface area contributed by atoms with E-state index in [1.165, 1.54) is 24.8 Å². The fourth-order valence-electron chi connectivity index (χ4n) is 3.41. The number of rotatable bonds is 6. The number of nitrogens with one attached hydrogen (secondary N) is 1. The van der Waals surface area contributed by atoms with Crippen LogP contribution in [0, 0.1) is 0 Å². The van der Waals surface area contributed by atoms with E-state index in [9.17, 15) is 0 Å². The van der Waals surface area contributed by atoms with Gasteiger partial charge in [0, 0.05) is 12.0 Å². The third-order valence-electron chi connectivity index (χ3n) is 4.72. The van der Waals surface area contributed by atoms with E-state index in [0.29, 0.717) is 12.5 Å². The van der Waals surface area contributed by atoms with Gasteiger partial charge in [-0.15, -0.1) is 0 Å². The van der Waals surface area contributed by atoms with E-state index in [2.05, 4.69) is 22.4 Å². The largest absolute Gasteiger partial charge is 0.493 e. The third-order valence-corrected chi connectivity index (χ3v) is 4.72. The first-order valence-corrected chi connectivity index (χ1v) is 8.41. The molecular formula is C18H29N3O2. The molecule has 1 aromatic carbocycles. The van der Waals surface area contributed by atoms with Gasteiger partial charge in [-0.3, -0.25) is 4.99 Å². The predicted octanol–water partition coefficient (Wildman–Crippen LogP) is 2.83. The van der Waals surface area contributed by atoms with Crippen molar-refractivity contribution in [2.45, 2.75) is 44.4 Å². The van der Waals surface area contributed by atoms with Gasteiger partial charge in [-0.2, -0.15) is 0 Å². The maximum absolute atomic E-state index is 5.93. The highest BCUT2D eigenvalue weighted by Crippen LogP contribution is 2.42. The summed E-state index contributed by atoms with van der Waals surface area (Å²) < 4.78 is 10.8. The van der Waals surface area contributed by atoms with Gasteiger partial charge in [0.2, 0.25) is 0 Å². The van der Waals surface area contributed by atoms with Crippen molar-refractivity contribution >= 4 is 5.96 Å². The van der Waals surface area contributed by atoms with Crippen molar-refractivity contribution in [3.63, 3.8) is 0 Å². The minimum Gasteiger partial charge on any atom is -0.493 e. The molecule has 1 saturated carbocycles. The zero-order valence-corrected chi connectivity index (χ0v) is 14.5. The molecule has 0 heterocycles. The van der Waals surface area contributed by atoms with Gasteiger partial charge < -0.3 is 20.5 Å². The summed E-state index contributed by atoms with van der Waals surface area (Å²) in [5.41, 5.74) is 7.24. The first-order chi connectivity index (χ1) is 11.1. The molecule has 1 aliphatic rings. The normalized spacial score (nSPS) is 17.6. The van der Waals surface area contributed by atoms with Crippen molar-refractivity contribution in [3.8, 4) is 11.5 Å². The molecule has 0 aromatic heterocycles. The summed E-state index contributed by atoms with van der Waals surface area (Å²) in [4.78, 5) is 4.60. The average molecular weight is 319 g/mol. The topological polar surface area (TPSA) is 68.9 Å². The summed E-state index contributed by atoms with van der Waals surface area (Å²) in [7, 11) is 3.34. The zero-order chi connectivity index (χ0) is 16.7. The quantitative estimate of drug-likeness (QED) is 0.625. The summed E-state index contributed by atoms with van der Waals surface area (Å²) in [5, 5.41) is 3.08. The van der Waals surface area contributed by atoms with Gasteiger partial charge in [0.15, 0.2) is 17.5 Å². The lowest BCUT2D eigenvalue weighted by atomic mass is 9.69. The highest BCUT2D eigenvalue weighted by molar-refractivity contribution is 5.77. The van der Waals surface area contributed by atoms with Crippen LogP contribution < -0.4 is 20.5 Å². The van der Waals surface area contributed by atoms with E-state index in [1.807, 2.05) is 13.0 Å². The van der Waals surface area contributed by atoms with Crippen LogP contribution in [0.1, 0.15) is 44.6 Å². The van der Waals surface area contributed by atoms with E-state index >= 15 is 0 Å². The number of ether oxygens (including phenoxy) is 2. The molecule has 128 valence electrons. The smallest absolute Gasteiger partial charge is 0.188 e. The first-order valence-electron chi connectivity index (χ1n) is 8.41. The van der Waals surface area contributed by atoms with Crippen molar-refractivity contribution in [2.24, 2.45) is 10.7 Å². The van der Waals surface area contributed by atoms with Crippen LogP contribution in [0.15, 0.2) is 23.2 Å². The van der Waals surface area contributed by atoms with Crippen LogP contribution in [-0.4, -0.2) is 33.3 Å². The molecule has 0 atom stereocenters. The molecule has 0 saturated heterocycles. The van der Waals surface area contributed by atoms with Gasteiger partial charge in [-0.1, -0.05) is 25.3 Å². The van der Waals surface area contributed by atoms with Gasteiger partial charge in [-0.25, -0.2) is 0 Å². The molecule has 0 radical (unpaired) electrons. The molecule has 0 bridgehead atoms. The Morgan fingerprint density at radius 3 is 2.48 bits per heavy atom. The summed E-state index contributed by atoms with van der Waals surface area (Å²) >= 11 is 0. The van der Waals surface area contributed by atoms with E-state index in [-0.39, 0.29) is 5.41 Å². The summed E-state index contributed by atoms with van der Waals surface area (Å²) in [6.07, 6.45) is 6.01. The number of methoxy groups -OCH3 is 2. The lowest BCUT2D eigenvalue weighted by Gasteiger charge is -2.37. The second-order valence-electron chi connectivity index (χ2n) is 6.14. The molecular weight excluding hydrogens is 290 g/mol. The van der Waals surface area contributed by atoms with Crippen LogP contribution in [0.2, 0.25) is 0 Å². The molecule has 5 heteroatoms. The van der Waals surface area contributed by atoms with Crippen LogP contribution in [-0.2, 0) is 5.41 Å². The highest BCUT2D eigenvalue weighted by Gasteiger charge is 2.34. The Morgan fingerprint density at radius 1 is 1.17 bits per heavy atom. The summed E-state index contributed by atoms with van der Waals surface area (Å²) in [6, 6.07) is 6.23. The number of hydrogen-bond donors (Lipinski definition) is 2. The molecule has 5 nitrogen and oxygen atoms in total. The zero-order valence-electron chi connectivity index (χ0n) is 14.5. The van der Waals surface area contributed by atoms with Crippen LogP contribution in [0.4, 0.5) is 0 Å². The molecule has 0 amide bonds. The SMILES string of the molecule is CCNC(N)=NCC1(c2ccc(OC)c(OC)c2)CCCCC1. The number of benzene rings is 1. The molecule has 23 heavy (non-hydrogen) atoms. The summed E-state index contributed by atoms with van der Waals surface area (Å²) in [6.45, 7) is 3.52. The van der Waals surface area contributed by atoms with E-state index in [0.717, 1.165) is 30.9 Å². The fraction of sp³-hybridized carbons (Fsp3) is 0.611. The summed E-state index contributed by atoms with van der Waals surface area (Å²) in [5.74, 6) is 2.06. The molecule has 0 unspecified atom stereocenters. The Bertz CT molecular complexity index is 537. The van der Waals surface area contributed by atoms with Gasteiger partial charge in [0.1, 0.15) is 0 Å². The lowest BCUT2D eigenvalue weighted by Crippen LogP contribution is -2.36. The maximum Gasteiger partial charge on any atom is 0.188 e. The number of guanidine groups is 1. The lowest BCUT2D eigenvalue weighted by molar-refractivity contribution is 0.298. The monoisotopic (exact) mass is 319 g/mol. The van der Waals surface area contributed by atoms with Crippen LogP contribution in [0.3, 0.4) is 0 Å². The number of nitrogens with two attached hydrogens (primary N) is 1. The van der Waals surface area contributed by atoms with Gasteiger partial charge in [0.05, 0.1) is 20.8 Å². The number of hydrogen-bond acceptors (Lipinski definition) is 3. The Morgan fingerprint density at radius 2 is 1.87 bits per heavy atom. The van der Waals surface area contributed by atoms with Crippen LogP contribution in [0.5, 0.6) is 11.5 Å². The maximum atomic E-state index is 5.93. The Hall–Kier alpha value is -1.91. The molecule has 0 aliphatic heterocycles. The van der Waals surface area contributed by atoms with Crippen molar-refractivity contribution in [2.75, 3.05) is 27.3 Å². The Kier molecular flexibility index (Phi) is 6.13. The van der Waals surface area contributed by atoms with Crippen molar-refractivity contribution in [1.29, 1.82) is 0 Å². The molecule has 3 N–H and O–H groups in total. The molecule has 1 aromatic rings. The van der Waals surface area contributed by atoms with Crippen molar-refractivity contribution in [3.05, 3.63) is 23.8 Å². The molecule has 1 fully saturated rings. The van der Waals surface area contributed by atoms with Crippen molar-refractivity contribution in [1.82, 2.24) is 5.32 Å². The minimum atomic E-state index is 0.0395. The van der Waals surface area contributed by atoms with E-state index in [4.69, 9.17) is 15.2 Å². The molecule has 0 spiro atoms. The predicted molar refractivity (Wildman–Crippen MR) is 94.5 cm³/mol. The molecule has 1 aliphatic carbocycles. The third kappa shape index (κ3) is 4.09.